The van der Waals surface area contributed by atoms with Gasteiger partial charge in [0.1, 0.15) is 17.6 Å². The van der Waals surface area contributed by atoms with E-state index in [-0.39, 0.29) is 5.92 Å². The zero-order chi connectivity index (χ0) is 21.1. The van der Waals surface area contributed by atoms with Gasteiger partial charge in [-0.25, -0.2) is 4.98 Å². The average molecular weight is 395 g/mol. The fourth-order valence-corrected chi connectivity index (χ4v) is 3.65. The van der Waals surface area contributed by atoms with E-state index in [4.69, 9.17) is 4.74 Å². The first kappa shape index (κ1) is 19.3. The summed E-state index contributed by atoms with van der Waals surface area (Å²) in [6, 6.07) is 11.9. The minimum absolute atomic E-state index is 0.194. The molecular formula is C24H21N5O. The highest BCUT2D eigenvalue weighted by atomic mass is 16.5. The maximum absolute atomic E-state index is 9.58. The molecule has 0 saturated carbocycles. The van der Waals surface area contributed by atoms with E-state index in [2.05, 4.69) is 39.1 Å². The average Bonchev–Trinajstić information content (AvgIpc) is 2.78. The van der Waals surface area contributed by atoms with Gasteiger partial charge in [-0.2, -0.15) is 5.26 Å². The zero-order valence-electron chi connectivity index (χ0n) is 16.7. The van der Waals surface area contributed by atoms with Gasteiger partial charge in [-0.15, -0.1) is 0 Å². The van der Waals surface area contributed by atoms with E-state index in [1.54, 1.807) is 31.7 Å². The molecule has 0 radical (unpaired) electrons. The number of hydrogen-bond donors (Lipinski definition) is 0. The lowest BCUT2D eigenvalue weighted by atomic mass is 9.91. The van der Waals surface area contributed by atoms with Crippen molar-refractivity contribution in [3.8, 4) is 23.1 Å². The van der Waals surface area contributed by atoms with Crippen molar-refractivity contribution in [2.24, 2.45) is 0 Å². The molecule has 0 atom stereocenters. The molecule has 0 aliphatic carbocycles. The molecule has 2 aromatic heterocycles. The lowest BCUT2D eigenvalue weighted by molar-refractivity contribution is 0.415. The van der Waals surface area contributed by atoms with Gasteiger partial charge in [0.2, 0.25) is 0 Å². The SMILES string of the molecule is C=Cc1cc(C#N)c(N2CC(c3nccnc3-c3cccc(OC)c3)C2)nc1C=C. The van der Waals surface area contributed by atoms with Crippen LogP contribution < -0.4 is 9.64 Å². The van der Waals surface area contributed by atoms with Gasteiger partial charge in [-0.05, 0) is 24.3 Å². The van der Waals surface area contributed by atoms with Crippen molar-refractivity contribution in [3.05, 3.63) is 78.4 Å². The lowest BCUT2D eigenvalue weighted by Crippen LogP contribution is -2.46. The Morgan fingerprint density at radius 3 is 2.67 bits per heavy atom. The normalized spacial score (nSPS) is 13.3. The Bertz CT molecular complexity index is 1160. The molecule has 30 heavy (non-hydrogen) atoms. The fourth-order valence-electron chi connectivity index (χ4n) is 3.65. The summed E-state index contributed by atoms with van der Waals surface area (Å²) < 4.78 is 5.35. The molecule has 0 unspecified atom stereocenters. The predicted octanol–water partition coefficient (Wildman–Crippen LogP) is 4.31. The molecule has 6 heteroatoms. The minimum atomic E-state index is 0.194. The Hall–Kier alpha value is -3.98. The maximum atomic E-state index is 9.58. The van der Waals surface area contributed by atoms with Crippen molar-refractivity contribution in [2.75, 3.05) is 25.1 Å². The molecule has 1 aliphatic heterocycles. The van der Waals surface area contributed by atoms with Crippen molar-refractivity contribution in [2.45, 2.75) is 5.92 Å². The van der Waals surface area contributed by atoms with Gasteiger partial charge in [0.05, 0.1) is 29.8 Å². The Labute approximate surface area is 175 Å². The van der Waals surface area contributed by atoms with Crippen LogP contribution in [-0.2, 0) is 0 Å². The van der Waals surface area contributed by atoms with E-state index in [1.165, 1.54) is 0 Å². The standard InChI is InChI=1S/C24H21N5O/c1-4-16-11-18(13-25)24(28-21(16)5-2)29-14-19(15-29)23-22(26-9-10-27-23)17-7-6-8-20(12-17)30-3/h4-12,19H,1-2,14-15H2,3H3. The summed E-state index contributed by atoms with van der Waals surface area (Å²) in [4.78, 5) is 15.9. The van der Waals surface area contributed by atoms with Crippen LogP contribution in [-0.4, -0.2) is 35.2 Å². The number of ether oxygens (including phenoxy) is 1. The highest BCUT2D eigenvalue weighted by Crippen LogP contribution is 2.36. The van der Waals surface area contributed by atoms with Gasteiger partial charge < -0.3 is 9.64 Å². The van der Waals surface area contributed by atoms with Crippen molar-refractivity contribution in [3.63, 3.8) is 0 Å². The lowest BCUT2D eigenvalue weighted by Gasteiger charge is -2.40. The van der Waals surface area contributed by atoms with Gasteiger partial charge in [-0.3, -0.25) is 9.97 Å². The van der Waals surface area contributed by atoms with E-state index in [0.29, 0.717) is 24.5 Å². The summed E-state index contributed by atoms with van der Waals surface area (Å²) in [7, 11) is 1.65. The smallest absolute Gasteiger partial charge is 0.147 e. The summed E-state index contributed by atoms with van der Waals surface area (Å²) in [5.41, 5.74) is 4.81. The van der Waals surface area contributed by atoms with Crippen LogP contribution in [0.3, 0.4) is 0 Å². The number of rotatable bonds is 6. The van der Waals surface area contributed by atoms with E-state index in [1.807, 2.05) is 30.3 Å². The molecule has 0 amide bonds. The second-order valence-electron chi connectivity index (χ2n) is 6.98. The van der Waals surface area contributed by atoms with Crippen molar-refractivity contribution >= 4 is 18.0 Å². The summed E-state index contributed by atoms with van der Waals surface area (Å²) in [5.74, 6) is 1.64. The number of aromatic nitrogens is 3. The van der Waals surface area contributed by atoms with Crippen molar-refractivity contribution in [1.82, 2.24) is 15.0 Å². The van der Waals surface area contributed by atoms with E-state index in [9.17, 15) is 5.26 Å². The molecule has 1 saturated heterocycles. The van der Waals surface area contributed by atoms with Crippen LogP contribution >= 0.6 is 0 Å². The third-order valence-corrected chi connectivity index (χ3v) is 5.23. The highest BCUT2D eigenvalue weighted by Gasteiger charge is 2.34. The molecule has 3 aromatic rings. The number of nitrogens with zero attached hydrogens (tertiary/aromatic N) is 5. The topological polar surface area (TPSA) is 74.9 Å². The predicted molar refractivity (Wildman–Crippen MR) is 118 cm³/mol. The molecule has 1 aliphatic rings. The van der Waals surface area contributed by atoms with Gasteiger partial charge in [0, 0.05) is 42.5 Å². The van der Waals surface area contributed by atoms with Gasteiger partial charge in [-0.1, -0.05) is 31.4 Å². The maximum Gasteiger partial charge on any atom is 0.147 e. The van der Waals surface area contributed by atoms with E-state index in [0.717, 1.165) is 34.0 Å². The Morgan fingerprint density at radius 1 is 1.17 bits per heavy atom. The molecule has 0 spiro atoms. The van der Waals surface area contributed by atoms with E-state index < -0.39 is 0 Å². The first-order valence-corrected chi connectivity index (χ1v) is 9.58. The zero-order valence-corrected chi connectivity index (χ0v) is 16.7. The summed E-state index contributed by atoms with van der Waals surface area (Å²) in [5, 5.41) is 9.58. The third-order valence-electron chi connectivity index (χ3n) is 5.23. The van der Waals surface area contributed by atoms with Gasteiger partial charge >= 0.3 is 0 Å². The first-order chi connectivity index (χ1) is 14.7. The molecule has 148 valence electrons. The van der Waals surface area contributed by atoms with Gasteiger partial charge in [0.25, 0.3) is 0 Å². The second-order valence-corrected chi connectivity index (χ2v) is 6.98. The van der Waals surface area contributed by atoms with Crippen molar-refractivity contribution in [1.29, 1.82) is 5.26 Å². The van der Waals surface area contributed by atoms with E-state index >= 15 is 0 Å². The van der Waals surface area contributed by atoms with Crippen molar-refractivity contribution < 1.29 is 4.74 Å². The van der Waals surface area contributed by atoms with Gasteiger partial charge in [0.15, 0.2) is 0 Å². The molecule has 4 rings (SSSR count). The molecule has 1 fully saturated rings. The largest absolute Gasteiger partial charge is 0.497 e. The fraction of sp³-hybridized carbons (Fsp3) is 0.167. The van der Waals surface area contributed by atoms with Crippen LogP contribution in [0.2, 0.25) is 0 Å². The molecule has 0 bridgehead atoms. The molecule has 0 N–H and O–H groups in total. The van der Waals surface area contributed by atoms with Crippen LogP contribution in [0.5, 0.6) is 5.75 Å². The van der Waals surface area contributed by atoms with Crippen LogP contribution in [0, 0.1) is 11.3 Å². The number of anilines is 1. The third kappa shape index (κ3) is 3.42. The molecule has 6 nitrogen and oxygen atoms in total. The second kappa shape index (κ2) is 8.18. The number of benzene rings is 1. The highest BCUT2D eigenvalue weighted by molar-refractivity contribution is 5.69. The minimum Gasteiger partial charge on any atom is -0.497 e. The number of methoxy groups -OCH3 is 1. The molecular weight excluding hydrogens is 374 g/mol. The molecule has 1 aromatic carbocycles. The number of pyridine rings is 1. The monoisotopic (exact) mass is 395 g/mol. The summed E-state index contributed by atoms with van der Waals surface area (Å²) in [6.07, 6.45) is 6.79. The Morgan fingerprint density at radius 2 is 1.97 bits per heavy atom. The first-order valence-electron chi connectivity index (χ1n) is 9.58. The molecule has 3 heterocycles. The number of hydrogen-bond acceptors (Lipinski definition) is 6. The van der Waals surface area contributed by atoms with Crippen LogP contribution in [0.1, 0.15) is 28.4 Å². The Balaban J connectivity index is 1.62. The number of nitriles is 1. The van der Waals surface area contributed by atoms with Crippen LogP contribution in [0.25, 0.3) is 23.4 Å². The quantitative estimate of drug-likeness (QED) is 0.619. The van der Waals surface area contributed by atoms with Crippen LogP contribution in [0.15, 0.2) is 55.9 Å². The Kier molecular flexibility index (Phi) is 5.27. The van der Waals surface area contributed by atoms with Crippen LogP contribution in [0.4, 0.5) is 5.82 Å². The summed E-state index contributed by atoms with van der Waals surface area (Å²) in [6.45, 7) is 9.03. The summed E-state index contributed by atoms with van der Waals surface area (Å²) >= 11 is 0.